The average Bonchev–Trinajstić information content (AvgIpc) is 2.92. The molecule has 0 unspecified atom stereocenters. The number of hydrogen-bond acceptors (Lipinski definition) is 4. The van der Waals surface area contributed by atoms with Crippen molar-refractivity contribution in [3.8, 4) is 0 Å². The highest BCUT2D eigenvalue weighted by Gasteiger charge is 2.25. The van der Waals surface area contributed by atoms with Gasteiger partial charge in [-0.2, -0.15) is 0 Å². The van der Waals surface area contributed by atoms with Gasteiger partial charge in [-0.1, -0.05) is 98.7 Å². The summed E-state index contributed by atoms with van der Waals surface area (Å²) >= 11 is 6.51. The molecule has 0 saturated carbocycles. The lowest BCUT2D eigenvalue weighted by atomic mass is 10.0. The summed E-state index contributed by atoms with van der Waals surface area (Å²) in [6.45, 7) is 0.290. The van der Waals surface area contributed by atoms with Crippen molar-refractivity contribution < 1.29 is 23.1 Å². The van der Waals surface area contributed by atoms with Crippen molar-refractivity contribution in [2.45, 2.75) is 62.7 Å². The fourth-order valence-corrected chi connectivity index (χ4v) is 6.07. The van der Waals surface area contributed by atoms with Gasteiger partial charge in [0.2, 0.25) is 0 Å². The van der Waals surface area contributed by atoms with Crippen molar-refractivity contribution in [3.05, 3.63) is 95.0 Å². The first-order chi connectivity index (χ1) is 18.3. The number of benzene rings is 3. The zero-order valence-corrected chi connectivity index (χ0v) is 23.0. The second kappa shape index (κ2) is 14.7. The molecular formula is C30H34ClNO5S. The Labute approximate surface area is 230 Å². The van der Waals surface area contributed by atoms with Gasteiger partial charge in [-0.05, 0) is 43.2 Å². The molecular weight excluding hydrogens is 522 g/mol. The molecule has 0 aliphatic carbocycles. The summed E-state index contributed by atoms with van der Waals surface area (Å²) in [5.41, 5.74) is 1.25. The number of nitrogens with zero attached hydrogens (tertiary/aromatic N) is 1. The quantitative estimate of drug-likeness (QED) is 0.147. The number of ketones is 1. The molecule has 3 aromatic carbocycles. The molecule has 0 radical (unpaired) electrons. The van der Waals surface area contributed by atoms with Gasteiger partial charge in [-0.25, -0.2) is 8.42 Å². The molecule has 0 amide bonds. The number of anilines is 1. The summed E-state index contributed by atoms with van der Waals surface area (Å²) in [5, 5.41) is 8.90. The number of carboxylic acids is 1. The van der Waals surface area contributed by atoms with Crippen LogP contribution >= 0.6 is 11.6 Å². The van der Waals surface area contributed by atoms with Crippen LogP contribution in [-0.4, -0.2) is 31.8 Å². The molecule has 0 atom stereocenters. The Balaban J connectivity index is 1.68. The number of rotatable bonds is 16. The van der Waals surface area contributed by atoms with Crippen LogP contribution in [0, 0.1) is 0 Å². The number of sulfonamides is 1. The van der Waals surface area contributed by atoms with E-state index in [1.807, 2.05) is 6.07 Å². The molecule has 0 heterocycles. The van der Waals surface area contributed by atoms with Crippen LogP contribution in [0.15, 0.2) is 83.8 Å². The highest BCUT2D eigenvalue weighted by Crippen LogP contribution is 2.30. The van der Waals surface area contributed by atoms with E-state index in [0.29, 0.717) is 29.7 Å². The molecule has 0 spiro atoms. The van der Waals surface area contributed by atoms with Crippen molar-refractivity contribution in [3.63, 3.8) is 0 Å². The van der Waals surface area contributed by atoms with Crippen LogP contribution in [0.5, 0.6) is 0 Å². The third-order valence-electron chi connectivity index (χ3n) is 6.35. The van der Waals surface area contributed by atoms with Crippen molar-refractivity contribution >= 4 is 39.1 Å². The minimum absolute atomic E-state index is 0.196. The van der Waals surface area contributed by atoms with Gasteiger partial charge in [-0.15, -0.1) is 0 Å². The van der Waals surface area contributed by atoms with Crippen molar-refractivity contribution in [2.24, 2.45) is 0 Å². The standard InChI is InChI=1S/C30H34ClNO5S/c31-28-23-25(20-21-27(28)30(35)24-15-9-7-10-16-24)32(38(36,37)26-17-11-8-12-18-26)22-14-6-4-2-1-3-5-13-19-29(33)34/h7-12,15-18,20-21,23H,1-6,13-14,19,22H2,(H,33,34). The first kappa shape index (κ1) is 29.4. The number of aliphatic carboxylic acids is 1. The monoisotopic (exact) mass is 555 g/mol. The Morgan fingerprint density at radius 2 is 1.29 bits per heavy atom. The number of carboxylic acid groups (broad SMARTS) is 1. The lowest BCUT2D eigenvalue weighted by molar-refractivity contribution is -0.137. The maximum Gasteiger partial charge on any atom is 0.303 e. The highest BCUT2D eigenvalue weighted by molar-refractivity contribution is 7.92. The Morgan fingerprint density at radius 3 is 1.87 bits per heavy atom. The molecule has 0 aromatic heterocycles. The van der Waals surface area contributed by atoms with E-state index in [1.165, 1.54) is 4.31 Å². The SMILES string of the molecule is O=C(O)CCCCCCCCCCN(c1ccc(C(=O)c2ccccc2)c(Cl)c1)S(=O)(=O)c1ccccc1. The molecule has 0 aliphatic heterocycles. The lowest BCUT2D eigenvalue weighted by Crippen LogP contribution is -2.32. The zero-order chi connectivity index (χ0) is 27.4. The molecule has 0 aliphatic rings. The summed E-state index contributed by atoms with van der Waals surface area (Å²) in [5.74, 6) is -0.971. The normalized spacial score (nSPS) is 11.3. The Bertz CT molecular complexity index is 1300. The van der Waals surface area contributed by atoms with Crippen LogP contribution in [0.3, 0.4) is 0 Å². The minimum Gasteiger partial charge on any atom is -0.481 e. The van der Waals surface area contributed by atoms with E-state index in [4.69, 9.17) is 16.7 Å². The second-order valence-electron chi connectivity index (χ2n) is 9.22. The molecule has 1 N–H and O–H groups in total. The van der Waals surface area contributed by atoms with Gasteiger partial charge >= 0.3 is 5.97 Å². The van der Waals surface area contributed by atoms with Crippen LogP contribution < -0.4 is 4.31 Å². The third-order valence-corrected chi connectivity index (χ3v) is 8.51. The summed E-state index contributed by atoms with van der Waals surface area (Å²) in [6, 6.07) is 21.9. The molecule has 3 aromatic rings. The van der Waals surface area contributed by atoms with Crippen LogP contribution in [0.4, 0.5) is 5.69 Å². The van der Waals surface area contributed by atoms with E-state index in [-0.39, 0.29) is 28.7 Å². The molecule has 0 fully saturated rings. The number of carbonyl (C=O) groups excluding carboxylic acids is 1. The van der Waals surface area contributed by atoms with E-state index < -0.39 is 16.0 Å². The van der Waals surface area contributed by atoms with Crippen molar-refractivity contribution in [2.75, 3.05) is 10.8 Å². The minimum atomic E-state index is -3.83. The molecule has 0 saturated heterocycles. The number of unbranched alkanes of at least 4 members (excludes halogenated alkanes) is 7. The van der Waals surface area contributed by atoms with E-state index in [9.17, 15) is 18.0 Å². The highest BCUT2D eigenvalue weighted by atomic mass is 35.5. The smallest absolute Gasteiger partial charge is 0.303 e. The van der Waals surface area contributed by atoms with Crippen LogP contribution in [0.25, 0.3) is 0 Å². The molecule has 0 bridgehead atoms. The molecule has 8 heteroatoms. The first-order valence-corrected chi connectivity index (χ1v) is 14.8. The molecule has 38 heavy (non-hydrogen) atoms. The zero-order valence-electron chi connectivity index (χ0n) is 21.4. The maximum absolute atomic E-state index is 13.6. The molecule has 202 valence electrons. The largest absolute Gasteiger partial charge is 0.481 e. The van der Waals surface area contributed by atoms with Crippen LogP contribution in [0.1, 0.15) is 73.7 Å². The van der Waals surface area contributed by atoms with E-state index >= 15 is 0 Å². The third kappa shape index (κ3) is 8.43. The summed E-state index contributed by atoms with van der Waals surface area (Å²) in [6.07, 6.45) is 7.44. The topological polar surface area (TPSA) is 91.8 Å². The van der Waals surface area contributed by atoms with Gasteiger partial charge in [0.15, 0.2) is 5.78 Å². The van der Waals surface area contributed by atoms with Gasteiger partial charge < -0.3 is 5.11 Å². The first-order valence-electron chi connectivity index (χ1n) is 13.0. The van der Waals surface area contributed by atoms with Gasteiger partial charge in [0.05, 0.1) is 15.6 Å². The molecule has 3 rings (SSSR count). The summed E-state index contributed by atoms with van der Waals surface area (Å²) < 4.78 is 28.5. The van der Waals surface area contributed by atoms with Gasteiger partial charge in [-0.3, -0.25) is 13.9 Å². The van der Waals surface area contributed by atoms with E-state index in [0.717, 1.165) is 38.5 Å². The van der Waals surface area contributed by atoms with E-state index in [1.54, 1.807) is 72.8 Å². The number of halogens is 1. The Morgan fingerprint density at radius 1 is 0.737 bits per heavy atom. The van der Waals surface area contributed by atoms with E-state index in [2.05, 4.69) is 0 Å². The predicted octanol–water partition coefficient (Wildman–Crippen LogP) is 7.36. The molecule has 6 nitrogen and oxygen atoms in total. The average molecular weight is 556 g/mol. The van der Waals surface area contributed by atoms with Crippen molar-refractivity contribution in [1.82, 2.24) is 0 Å². The van der Waals surface area contributed by atoms with Gasteiger partial charge in [0, 0.05) is 24.1 Å². The summed E-state index contributed by atoms with van der Waals surface area (Å²) in [4.78, 5) is 23.7. The Hall–Kier alpha value is -3.16. The van der Waals surface area contributed by atoms with Crippen molar-refractivity contribution in [1.29, 1.82) is 0 Å². The predicted molar refractivity (Wildman–Crippen MR) is 151 cm³/mol. The Kier molecular flexibility index (Phi) is 11.4. The van der Waals surface area contributed by atoms with Gasteiger partial charge in [0.25, 0.3) is 10.0 Å². The summed E-state index contributed by atoms with van der Waals surface area (Å²) in [7, 11) is -3.83. The van der Waals surface area contributed by atoms with Crippen LogP contribution in [-0.2, 0) is 14.8 Å². The number of hydrogen-bond donors (Lipinski definition) is 1. The maximum atomic E-state index is 13.6. The van der Waals surface area contributed by atoms with Crippen LogP contribution in [0.2, 0.25) is 5.02 Å². The number of carbonyl (C=O) groups is 2. The second-order valence-corrected chi connectivity index (χ2v) is 11.5. The fourth-order valence-electron chi connectivity index (χ4n) is 4.29. The van der Waals surface area contributed by atoms with Gasteiger partial charge in [0.1, 0.15) is 0 Å². The fraction of sp³-hybridized carbons (Fsp3) is 0.333. The lowest BCUT2D eigenvalue weighted by Gasteiger charge is -2.25.